The summed E-state index contributed by atoms with van der Waals surface area (Å²) in [5.74, 6) is -8.72. The van der Waals surface area contributed by atoms with Crippen LogP contribution in [0.1, 0.15) is 55.4 Å². The number of hydrogen-bond donors (Lipinski definition) is 1. The van der Waals surface area contributed by atoms with E-state index in [-0.39, 0.29) is 18.8 Å². The summed E-state index contributed by atoms with van der Waals surface area (Å²) in [6.45, 7) is 8.75. The molecule has 16 nitrogen and oxygen atoms in total. The number of ether oxygens (including phenoxy) is 8. The molecule has 2 aliphatic heterocycles. The molecule has 1 spiro atoms. The van der Waals surface area contributed by atoms with Crippen LogP contribution in [0.15, 0.2) is 23.8 Å². The van der Waals surface area contributed by atoms with Crippen molar-refractivity contribution in [2.45, 2.75) is 103 Å². The molecule has 4 aliphatic rings. The summed E-state index contributed by atoms with van der Waals surface area (Å²) in [6.07, 6.45) is -5.49. The Kier molecular flexibility index (Phi) is 10.1. The van der Waals surface area contributed by atoms with Crippen molar-refractivity contribution in [3.05, 3.63) is 23.8 Å². The molecule has 4 rings (SSSR count). The van der Waals surface area contributed by atoms with Gasteiger partial charge in [0.05, 0.1) is 17.9 Å². The Morgan fingerprint density at radius 2 is 1.33 bits per heavy atom. The number of esters is 7. The van der Waals surface area contributed by atoms with Crippen LogP contribution in [-0.2, 0) is 71.5 Å². The minimum atomic E-state index is -2.42. The Hall–Kier alpha value is -4.31. The first-order valence-corrected chi connectivity index (χ1v) is 15.2. The maximum atomic E-state index is 13.2. The van der Waals surface area contributed by atoms with E-state index in [0.29, 0.717) is 0 Å². The van der Waals surface area contributed by atoms with Gasteiger partial charge in [-0.25, -0.2) is 0 Å². The highest BCUT2D eigenvalue weighted by molar-refractivity contribution is 5.78. The lowest BCUT2D eigenvalue weighted by atomic mass is 9.51. The van der Waals surface area contributed by atoms with Crippen LogP contribution in [0.3, 0.4) is 0 Å². The Morgan fingerprint density at radius 3 is 1.83 bits per heavy atom. The van der Waals surface area contributed by atoms with Crippen molar-refractivity contribution in [1.29, 1.82) is 0 Å². The van der Waals surface area contributed by atoms with Gasteiger partial charge in [-0.15, -0.1) is 0 Å². The Bertz CT molecular complexity index is 1440. The van der Waals surface area contributed by atoms with Crippen LogP contribution in [0.4, 0.5) is 0 Å². The highest BCUT2D eigenvalue weighted by Gasteiger charge is 2.81. The van der Waals surface area contributed by atoms with Crippen molar-refractivity contribution in [1.82, 2.24) is 0 Å². The zero-order valence-electron chi connectivity index (χ0n) is 27.8. The molecular weight excluding hydrogens is 640 g/mol. The first-order chi connectivity index (χ1) is 22.3. The zero-order valence-corrected chi connectivity index (χ0v) is 27.8. The van der Waals surface area contributed by atoms with E-state index in [0.717, 1.165) is 41.5 Å². The second-order valence-corrected chi connectivity index (χ2v) is 12.6. The van der Waals surface area contributed by atoms with E-state index >= 15 is 0 Å². The van der Waals surface area contributed by atoms with Crippen LogP contribution in [0.2, 0.25) is 0 Å². The molecule has 48 heavy (non-hydrogen) atoms. The number of hydrogen-bond acceptors (Lipinski definition) is 16. The third kappa shape index (κ3) is 6.55. The summed E-state index contributed by atoms with van der Waals surface area (Å²) in [7, 11) is 0. The molecule has 0 aromatic heterocycles. The largest absolute Gasteiger partial charge is 0.461 e. The number of rotatable bonds is 7. The lowest BCUT2D eigenvalue weighted by Crippen LogP contribution is -2.76. The minimum absolute atomic E-state index is 0.169. The molecule has 2 heterocycles. The summed E-state index contributed by atoms with van der Waals surface area (Å²) in [5.41, 5.74) is -5.88. The Labute approximate surface area is 275 Å². The number of aliphatic hydroxyl groups is 1. The first kappa shape index (κ1) is 36.5. The molecule has 1 N–H and O–H groups in total. The maximum absolute atomic E-state index is 13.2. The predicted molar refractivity (Wildman–Crippen MR) is 156 cm³/mol. The van der Waals surface area contributed by atoms with Crippen molar-refractivity contribution in [3.8, 4) is 0 Å². The number of carbonyl (C=O) groups excluding carboxylic acids is 7. The lowest BCUT2D eigenvalue weighted by molar-refractivity contribution is -0.279. The molecule has 2 saturated heterocycles. The molecule has 0 aromatic rings. The van der Waals surface area contributed by atoms with Gasteiger partial charge in [0.1, 0.15) is 24.4 Å². The average molecular weight is 681 g/mol. The van der Waals surface area contributed by atoms with Crippen molar-refractivity contribution in [2.75, 3.05) is 13.2 Å². The summed E-state index contributed by atoms with van der Waals surface area (Å²) in [5, 5.41) is 12.7. The fourth-order valence-corrected chi connectivity index (χ4v) is 7.29. The standard InChI is InChI=1S/C32H40O16/c1-14-29(39)48-23-11-21(12-41-15(2)33)9-10-22(43-16(3)34)30(8)25(28(32(14,23)40)47-20(7)38)31(13-42-31)27(46-19(6)37)24(44-17(4)35)26(30)45-18(5)36/h9-11,14,22-28,40H,12-13H2,1-8H3/b10-9-,21-11+/t14-,22-,23-,24+,25+,26-,27+,28-,30+,31-,32-/m0/s1. The smallest absolute Gasteiger partial charge is 0.312 e. The van der Waals surface area contributed by atoms with Crippen molar-refractivity contribution < 1.29 is 76.6 Å². The lowest BCUT2D eigenvalue weighted by Gasteiger charge is -2.59. The third-order valence-corrected chi connectivity index (χ3v) is 9.25. The second kappa shape index (κ2) is 13.3. The van der Waals surface area contributed by atoms with E-state index in [9.17, 15) is 38.7 Å². The van der Waals surface area contributed by atoms with Gasteiger partial charge in [0.15, 0.2) is 30.0 Å². The van der Waals surface area contributed by atoms with E-state index in [4.69, 9.17) is 37.9 Å². The van der Waals surface area contributed by atoms with E-state index in [1.165, 1.54) is 32.1 Å². The quantitative estimate of drug-likeness (QED) is 0.219. The molecule has 0 aromatic carbocycles. The highest BCUT2D eigenvalue weighted by atomic mass is 16.7. The van der Waals surface area contributed by atoms with Gasteiger partial charge in [-0.2, -0.15) is 0 Å². The average Bonchev–Trinajstić information content (AvgIpc) is 3.71. The molecule has 0 radical (unpaired) electrons. The van der Waals surface area contributed by atoms with Crippen LogP contribution < -0.4 is 0 Å². The Morgan fingerprint density at radius 1 is 0.812 bits per heavy atom. The molecule has 2 aliphatic carbocycles. The minimum Gasteiger partial charge on any atom is -0.461 e. The predicted octanol–water partition coefficient (Wildman–Crippen LogP) is 0.402. The SMILES string of the molecule is CC(=O)OCC1=C/[C@@H]2OC(=O)[C@H](C)[C@@]2(O)[C@@H](OC(C)=O)[C@H]2[C@@]3(CO3)[C@H](OC(C)=O)[C@H](OC(C)=O)[C@H](OC(C)=O)[C@]2(C)[C@@H](OC(C)=O)/C=C\1. The van der Waals surface area contributed by atoms with Gasteiger partial charge in [0, 0.05) is 47.5 Å². The first-order valence-electron chi connectivity index (χ1n) is 15.2. The van der Waals surface area contributed by atoms with Gasteiger partial charge in [0.25, 0.3) is 0 Å². The summed E-state index contributed by atoms with van der Waals surface area (Å²) < 4.78 is 45.8. The van der Waals surface area contributed by atoms with Gasteiger partial charge in [-0.1, -0.05) is 13.0 Å². The van der Waals surface area contributed by atoms with E-state index < -0.39 is 107 Å². The van der Waals surface area contributed by atoms with Crippen LogP contribution in [-0.4, -0.2) is 108 Å². The fraction of sp³-hybridized carbons (Fsp3) is 0.656. The molecule has 1 saturated carbocycles. The molecule has 264 valence electrons. The summed E-state index contributed by atoms with van der Waals surface area (Å²) in [6, 6.07) is 0. The van der Waals surface area contributed by atoms with Gasteiger partial charge in [-0.3, -0.25) is 33.6 Å². The van der Waals surface area contributed by atoms with Gasteiger partial charge in [-0.05, 0) is 24.6 Å². The maximum Gasteiger partial charge on any atom is 0.312 e. The van der Waals surface area contributed by atoms with Crippen molar-refractivity contribution in [2.24, 2.45) is 17.3 Å². The molecule has 0 bridgehead atoms. The summed E-state index contributed by atoms with van der Waals surface area (Å²) >= 11 is 0. The molecule has 16 heteroatoms. The van der Waals surface area contributed by atoms with Crippen LogP contribution in [0.25, 0.3) is 0 Å². The fourth-order valence-electron chi connectivity index (χ4n) is 7.29. The van der Waals surface area contributed by atoms with Gasteiger partial charge in [0.2, 0.25) is 0 Å². The number of fused-ring (bicyclic) bond motifs is 3. The molecule has 0 amide bonds. The van der Waals surface area contributed by atoms with E-state index in [1.807, 2.05) is 0 Å². The van der Waals surface area contributed by atoms with Gasteiger partial charge >= 0.3 is 41.8 Å². The van der Waals surface area contributed by atoms with Crippen molar-refractivity contribution >= 4 is 41.8 Å². The zero-order chi connectivity index (χ0) is 35.9. The monoisotopic (exact) mass is 680 g/mol. The van der Waals surface area contributed by atoms with Crippen LogP contribution in [0.5, 0.6) is 0 Å². The molecule has 0 unspecified atom stereocenters. The highest BCUT2D eigenvalue weighted by Crippen LogP contribution is 2.63. The molecule has 11 atom stereocenters. The Balaban J connectivity index is 2.16. The third-order valence-electron chi connectivity index (χ3n) is 9.25. The number of carbonyl (C=O) groups is 7. The second-order valence-electron chi connectivity index (χ2n) is 12.6. The molecular formula is C32H40O16. The summed E-state index contributed by atoms with van der Waals surface area (Å²) in [4.78, 5) is 88.5. The molecule has 3 fully saturated rings. The van der Waals surface area contributed by atoms with Crippen molar-refractivity contribution in [3.63, 3.8) is 0 Å². The van der Waals surface area contributed by atoms with E-state index in [2.05, 4.69) is 0 Å². The van der Waals surface area contributed by atoms with Gasteiger partial charge < -0.3 is 43.0 Å². The normalized spacial score (nSPS) is 39.9. The van der Waals surface area contributed by atoms with E-state index in [1.54, 1.807) is 0 Å². The van der Waals surface area contributed by atoms with Crippen LogP contribution in [0, 0.1) is 17.3 Å². The number of epoxide rings is 1. The van der Waals surface area contributed by atoms with Crippen LogP contribution >= 0.6 is 0 Å². The topological polar surface area (TPSA) is 217 Å².